The molecule has 33 heavy (non-hydrogen) atoms. The standard InChI is InChI=1S/C20H12F4N4O4S/c21-18(22)31-12-5-4-10(7-13(12)32-19(23)24)16-11(8-14-17(29)26-20(30)33-14)9-28(27-16)15-3-1-2-6-25-15/h1-9,18-19H,(H,26,29,30)/b14-8-. The van der Waals surface area contributed by atoms with Crippen molar-refractivity contribution in [1.82, 2.24) is 20.1 Å². The van der Waals surface area contributed by atoms with Crippen LogP contribution < -0.4 is 14.8 Å². The van der Waals surface area contributed by atoms with Gasteiger partial charge in [0.15, 0.2) is 17.3 Å². The zero-order valence-electron chi connectivity index (χ0n) is 16.2. The Labute approximate surface area is 187 Å². The molecule has 1 saturated heterocycles. The lowest BCUT2D eigenvalue weighted by Crippen LogP contribution is -2.17. The summed E-state index contributed by atoms with van der Waals surface area (Å²) in [4.78, 5) is 27.8. The number of carbonyl (C=O) groups is 2. The highest BCUT2D eigenvalue weighted by atomic mass is 32.2. The van der Waals surface area contributed by atoms with Crippen LogP contribution in [0, 0.1) is 0 Å². The Bertz CT molecular complexity index is 1230. The van der Waals surface area contributed by atoms with Crippen LogP contribution in [-0.2, 0) is 4.79 Å². The summed E-state index contributed by atoms with van der Waals surface area (Å²) in [6.07, 6.45) is 4.43. The summed E-state index contributed by atoms with van der Waals surface area (Å²) in [5.41, 5.74) is 0.714. The molecule has 170 valence electrons. The van der Waals surface area contributed by atoms with Gasteiger partial charge < -0.3 is 9.47 Å². The van der Waals surface area contributed by atoms with Crippen LogP contribution in [0.15, 0.2) is 53.7 Å². The van der Waals surface area contributed by atoms with E-state index in [1.807, 2.05) is 0 Å². The number of hydrogen-bond donors (Lipinski definition) is 1. The Balaban J connectivity index is 1.83. The number of nitrogens with zero attached hydrogens (tertiary/aromatic N) is 3. The van der Waals surface area contributed by atoms with Gasteiger partial charge in [0.05, 0.1) is 4.91 Å². The first kappa shape index (κ1) is 22.3. The fourth-order valence-corrected chi connectivity index (χ4v) is 3.60. The van der Waals surface area contributed by atoms with Crippen molar-refractivity contribution >= 4 is 29.0 Å². The lowest BCUT2D eigenvalue weighted by Gasteiger charge is -2.12. The Morgan fingerprint density at radius 1 is 1.03 bits per heavy atom. The quantitative estimate of drug-likeness (QED) is 0.394. The molecule has 3 heterocycles. The van der Waals surface area contributed by atoms with Gasteiger partial charge in [-0.15, -0.1) is 0 Å². The molecule has 1 aromatic carbocycles. The first-order valence-electron chi connectivity index (χ1n) is 9.10. The summed E-state index contributed by atoms with van der Waals surface area (Å²) in [5.74, 6) is -1.42. The zero-order valence-corrected chi connectivity index (χ0v) is 17.1. The number of pyridine rings is 1. The van der Waals surface area contributed by atoms with E-state index in [0.29, 0.717) is 23.1 Å². The summed E-state index contributed by atoms with van der Waals surface area (Å²) in [5, 5.41) is 5.98. The van der Waals surface area contributed by atoms with Crippen LogP contribution in [0.2, 0.25) is 0 Å². The minimum atomic E-state index is -3.29. The van der Waals surface area contributed by atoms with E-state index in [4.69, 9.17) is 0 Å². The molecule has 0 aliphatic carbocycles. The van der Waals surface area contributed by atoms with Crippen molar-refractivity contribution in [3.63, 3.8) is 0 Å². The number of imide groups is 1. The zero-order chi connectivity index (χ0) is 23.5. The van der Waals surface area contributed by atoms with Crippen molar-refractivity contribution in [2.24, 2.45) is 0 Å². The molecular formula is C20H12F4N4O4S. The van der Waals surface area contributed by atoms with E-state index in [1.165, 1.54) is 29.2 Å². The molecule has 1 N–H and O–H groups in total. The molecule has 2 amide bonds. The molecule has 0 saturated carbocycles. The van der Waals surface area contributed by atoms with Crippen molar-refractivity contribution in [3.8, 4) is 28.6 Å². The van der Waals surface area contributed by atoms with Gasteiger partial charge in [-0.1, -0.05) is 6.07 Å². The third kappa shape index (κ3) is 5.14. The lowest BCUT2D eigenvalue weighted by atomic mass is 10.1. The number of benzene rings is 1. The Kier molecular flexibility index (Phi) is 6.31. The van der Waals surface area contributed by atoms with Gasteiger partial charge in [-0.2, -0.15) is 22.7 Å². The number of nitrogens with one attached hydrogen (secondary N) is 1. The third-order valence-corrected chi connectivity index (χ3v) is 5.02. The van der Waals surface area contributed by atoms with Gasteiger partial charge in [-0.25, -0.2) is 9.67 Å². The second-order valence-corrected chi connectivity index (χ2v) is 7.35. The summed E-state index contributed by atoms with van der Waals surface area (Å²) >= 11 is 0.680. The maximum atomic E-state index is 12.8. The Hall–Kier alpha value is -3.87. The second kappa shape index (κ2) is 9.32. The fraction of sp³-hybridized carbons (Fsp3) is 0.100. The third-order valence-electron chi connectivity index (χ3n) is 4.20. The lowest BCUT2D eigenvalue weighted by molar-refractivity contribution is -0.115. The van der Waals surface area contributed by atoms with E-state index in [1.54, 1.807) is 18.2 Å². The van der Waals surface area contributed by atoms with Gasteiger partial charge in [-0.05, 0) is 48.2 Å². The number of hydrogen-bond acceptors (Lipinski definition) is 7. The highest BCUT2D eigenvalue weighted by Crippen LogP contribution is 2.37. The van der Waals surface area contributed by atoms with Crippen LogP contribution in [0.1, 0.15) is 5.56 Å². The van der Waals surface area contributed by atoms with Crippen LogP contribution in [-0.4, -0.2) is 39.1 Å². The van der Waals surface area contributed by atoms with Crippen molar-refractivity contribution in [2.75, 3.05) is 0 Å². The molecule has 0 radical (unpaired) electrons. The van der Waals surface area contributed by atoms with Gasteiger partial charge in [0.1, 0.15) is 5.69 Å². The van der Waals surface area contributed by atoms with E-state index in [0.717, 1.165) is 12.1 Å². The molecule has 0 unspecified atom stereocenters. The predicted molar refractivity (Wildman–Crippen MR) is 109 cm³/mol. The highest BCUT2D eigenvalue weighted by molar-refractivity contribution is 8.18. The Morgan fingerprint density at radius 3 is 2.42 bits per heavy atom. The van der Waals surface area contributed by atoms with Crippen LogP contribution in [0.3, 0.4) is 0 Å². The molecule has 0 bridgehead atoms. The average molecular weight is 480 g/mol. The fourth-order valence-electron chi connectivity index (χ4n) is 2.92. The number of amides is 2. The molecular weight excluding hydrogens is 468 g/mol. The first-order chi connectivity index (χ1) is 15.8. The van der Waals surface area contributed by atoms with E-state index in [9.17, 15) is 27.2 Å². The molecule has 8 nitrogen and oxygen atoms in total. The van der Waals surface area contributed by atoms with Crippen LogP contribution >= 0.6 is 11.8 Å². The van der Waals surface area contributed by atoms with Crippen LogP contribution in [0.4, 0.5) is 22.4 Å². The maximum Gasteiger partial charge on any atom is 0.387 e. The smallest absolute Gasteiger partial charge is 0.387 e. The molecule has 1 aliphatic heterocycles. The Morgan fingerprint density at radius 2 is 1.79 bits per heavy atom. The van der Waals surface area contributed by atoms with E-state index >= 15 is 0 Å². The maximum absolute atomic E-state index is 12.8. The summed E-state index contributed by atoms with van der Waals surface area (Å²) in [6, 6.07) is 8.47. The largest absolute Gasteiger partial charge is 0.431 e. The molecule has 0 atom stereocenters. The van der Waals surface area contributed by atoms with Gasteiger partial charge in [0, 0.05) is 23.5 Å². The average Bonchev–Trinajstić information content (AvgIpc) is 3.32. The van der Waals surface area contributed by atoms with Gasteiger partial charge in [0.2, 0.25) is 0 Å². The monoisotopic (exact) mass is 480 g/mol. The number of carbonyl (C=O) groups excluding carboxylic acids is 2. The molecule has 1 aliphatic rings. The second-order valence-electron chi connectivity index (χ2n) is 6.34. The normalized spacial score (nSPS) is 14.9. The summed E-state index contributed by atoms with van der Waals surface area (Å²) in [7, 11) is 0. The first-order valence-corrected chi connectivity index (χ1v) is 9.92. The number of thioether (sulfide) groups is 1. The number of halogens is 4. The molecule has 3 aromatic rings. The highest BCUT2D eigenvalue weighted by Gasteiger charge is 2.26. The number of alkyl halides is 4. The molecule has 1 fully saturated rings. The number of ether oxygens (including phenoxy) is 2. The van der Waals surface area contributed by atoms with Gasteiger partial charge in [0.25, 0.3) is 11.1 Å². The topological polar surface area (TPSA) is 95.3 Å². The summed E-state index contributed by atoms with van der Waals surface area (Å²) in [6.45, 7) is -6.55. The summed E-state index contributed by atoms with van der Waals surface area (Å²) < 4.78 is 60.9. The predicted octanol–water partition coefficient (Wildman–Crippen LogP) is 4.46. The number of rotatable bonds is 7. The SMILES string of the molecule is O=C1NC(=O)/C(=C/c2cn(-c3ccccn3)nc2-c2ccc(OC(F)F)c(OC(F)F)c2)S1. The van der Waals surface area contributed by atoms with E-state index in [2.05, 4.69) is 24.9 Å². The molecule has 13 heteroatoms. The van der Waals surface area contributed by atoms with Gasteiger partial charge in [-0.3, -0.25) is 14.9 Å². The van der Waals surface area contributed by atoms with Crippen LogP contribution in [0.5, 0.6) is 11.5 Å². The number of aromatic nitrogens is 3. The van der Waals surface area contributed by atoms with Gasteiger partial charge >= 0.3 is 13.2 Å². The van der Waals surface area contributed by atoms with Crippen LogP contribution in [0.25, 0.3) is 23.2 Å². The molecule has 2 aromatic heterocycles. The minimum Gasteiger partial charge on any atom is -0.431 e. The molecule has 4 rings (SSSR count). The van der Waals surface area contributed by atoms with E-state index < -0.39 is 35.9 Å². The molecule has 0 spiro atoms. The van der Waals surface area contributed by atoms with Crippen molar-refractivity contribution < 1.29 is 36.6 Å². The van der Waals surface area contributed by atoms with E-state index in [-0.39, 0.29) is 16.2 Å². The van der Waals surface area contributed by atoms with Crippen molar-refractivity contribution in [3.05, 3.63) is 59.3 Å². The van der Waals surface area contributed by atoms with Crippen molar-refractivity contribution in [2.45, 2.75) is 13.2 Å². The minimum absolute atomic E-state index is 0.0866. The van der Waals surface area contributed by atoms with Crippen molar-refractivity contribution in [1.29, 1.82) is 0 Å².